The molecule has 2 aromatic heterocycles. The van der Waals surface area contributed by atoms with Gasteiger partial charge in [-0.2, -0.15) is 0 Å². The first-order valence-corrected chi connectivity index (χ1v) is 8.57. The Balaban J connectivity index is 1.62. The lowest BCUT2D eigenvalue weighted by molar-refractivity contribution is 0.102. The number of hydrogen-bond acceptors (Lipinski definition) is 4. The van der Waals surface area contributed by atoms with Gasteiger partial charge < -0.3 is 10.6 Å². The molecular formula is C19H17BrN4O. The van der Waals surface area contributed by atoms with Crippen molar-refractivity contribution >= 4 is 33.2 Å². The number of rotatable bonds is 5. The Morgan fingerprint density at radius 2 is 2.04 bits per heavy atom. The number of aromatic nitrogens is 2. The highest BCUT2D eigenvalue weighted by Crippen LogP contribution is 2.20. The number of benzene rings is 1. The molecule has 3 rings (SSSR count). The molecule has 0 saturated heterocycles. The van der Waals surface area contributed by atoms with Gasteiger partial charge in [0, 0.05) is 29.1 Å². The van der Waals surface area contributed by atoms with Gasteiger partial charge >= 0.3 is 0 Å². The molecule has 0 spiro atoms. The van der Waals surface area contributed by atoms with Crippen LogP contribution in [0.25, 0.3) is 0 Å². The summed E-state index contributed by atoms with van der Waals surface area (Å²) in [7, 11) is 0. The number of nitrogens with zero attached hydrogens (tertiary/aromatic N) is 2. The molecule has 5 nitrogen and oxygen atoms in total. The van der Waals surface area contributed by atoms with Crippen LogP contribution in [0.15, 0.2) is 65.5 Å². The molecule has 0 fully saturated rings. The van der Waals surface area contributed by atoms with Gasteiger partial charge in [0.25, 0.3) is 5.91 Å². The highest BCUT2D eigenvalue weighted by Gasteiger charge is 2.09. The molecule has 6 heteroatoms. The number of pyridine rings is 2. The van der Waals surface area contributed by atoms with Crippen molar-refractivity contribution in [1.82, 2.24) is 9.97 Å². The van der Waals surface area contributed by atoms with Gasteiger partial charge in [-0.25, -0.2) is 4.98 Å². The van der Waals surface area contributed by atoms with Crippen LogP contribution in [-0.4, -0.2) is 15.9 Å². The van der Waals surface area contributed by atoms with E-state index in [9.17, 15) is 4.79 Å². The highest BCUT2D eigenvalue weighted by atomic mass is 79.9. The Bertz CT molecular complexity index is 866. The third kappa shape index (κ3) is 4.64. The van der Waals surface area contributed by atoms with E-state index in [1.807, 2.05) is 49.5 Å². The van der Waals surface area contributed by atoms with Gasteiger partial charge in [0.1, 0.15) is 5.69 Å². The summed E-state index contributed by atoms with van der Waals surface area (Å²) in [5.41, 5.74) is 4.05. The number of carbonyl (C=O) groups excluding carboxylic acids is 1. The molecule has 0 atom stereocenters. The first kappa shape index (κ1) is 17.1. The zero-order valence-corrected chi connectivity index (χ0v) is 15.2. The maximum atomic E-state index is 12.3. The zero-order chi connectivity index (χ0) is 17.6. The normalized spacial score (nSPS) is 10.3. The minimum absolute atomic E-state index is 0.232. The summed E-state index contributed by atoms with van der Waals surface area (Å²) in [5.74, 6) is -0.232. The van der Waals surface area contributed by atoms with E-state index in [4.69, 9.17) is 0 Å². The van der Waals surface area contributed by atoms with E-state index in [1.165, 1.54) is 0 Å². The number of amides is 1. The summed E-state index contributed by atoms with van der Waals surface area (Å²) >= 11 is 3.41. The van der Waals surface area contributed by atoms with Crippen molar-refractivity contribution in [2.45, 2.75) is 13.5 Å². The Morgan fingerprint density at radius 1 is 1.16 bits per heavy atom. The van der Waals surface area contributed by atoms with Crippen LogP contribution in [0.1, 0.15) is 21.6 Å². The average molecular weight is 397 g/mol. The molecule has 3 aromatic rings. The van der Waals surface area contributed by atoms with Gasteiger partial charge in [-0.05, 0) is 54.4 Å². The molecule has 0 unspecified atom stereocenters. The van der Waals surface area contributed by atoms with Crippen molar-refractivity contribution in [3.8, 4) is 0 Å². The number of anilines is 2. The van der Waals surface area contributed by atoms with Crippen LogP contribution in [0, 0.1) is 6.92 Å². The molecule has 0 aliphatic rings. The number of halogens is 1. The van der Waals surface area contributed by atoms with Gasteiger partial charge in [-0.1, -0.05) is 22.0 Å². The van der Waals surface area contributed by atoms with Gasteiger partial charge in [0.05, 0.1) is 11.9 Å². The quantitative estimate of drug-likeness (QED) is 0.669. The molecule has 0 saturated carbocycles. The Morgan fingerprint density at radius 3 is 2.72 bits per heavy atom. The van der Waals surface area contributed by atoms with E-state index in [1.54, 1.807) is 18.5 Å². The lowest BCUT2D eigenvalue weighted by Gasteiger charge is -2.09. The molecule has 2 heterocycles. The SMILES string of the molecule is Cc1cc(Br)ccc1NC(=O)c1ccc(NCc2cccnc2)cn1. The second kappa shape index (κ2) is 7.90. The molecule has 0 aliphatic heterocycles. The second-order valence-electron chi connectivity index (χ2n) is 5.56. The van der Waals surface area contributed by atoms with Crippen molar-refractivity contribution in [3.63, 3.8) is 0 Å². The van der Waals surface area contributed by atoms with Crippen LogP contribution >= 0.6 is 15.9 Å². The van der Waals surface area contributed by atoms with Crippen LogP contribution in [0.4, 0.5) is 11.4 Å². The second-order valence-corrected chi connectivity index (χ2v) is 6.48. The van der Waals surface area contributed by atoms with Crippen LogP contribution in [-0.2, 0) is 6.54 Å². The molecule has 0 aliphatic carbocycles. The molecule has 0 radical (unpaired) electrons. The van der Waals surface area contributed by atoms with Crippen molar-refractivity contribution < 1.29 is 4.79 Å². The predicted molar refractivity (Wildman–Crippen MR) is 103 cm³/mol. The van der Waals surface area contributed by atoms with Crippen molar-refractivity contribution in [2.24, 2.45) is 0 Å². The van der Waals surface area contributed by atoms with Crippen LogP contribution in [0.2, 0.25) is 0 Å². The van der Waals surface area contributed by atoms with Crippen molar-refractivity contribution in [2.75, 3.05) is 10.6 Å². The van der Waals surface area contributed by atoms with Gasteiger partial charge in [-0.15, -0.1) is 0 Å². The summed E-state index contributed by atoms with van der Waals surface area (Å²) in [5, 5.41) is 6.13. The summed E-state index contributed by atoms with van der Waals surface area (Å²) in [6.45, 7) is 2.60. The molecule has 126 valence electrons. The lowest BCUT2D eigenvalue weighted by Crippen LogP contribution is -2.14. The van der Waals surface area contributed by atoms with E-state index < -0.39 is 0 Å². The third-order valence-corrected chi connectivity index (χ3v) is 4.15. The third-order valence-electron chi connectivity index (χ3n) is 3.65. The highest BCUT2D eigenvalue weighted by molar-refractivity contribution is 9.10. The molecule has 1 aromatic carbocycles. The summed E-state index contributed by atoms with van der Waals surface area (Å²) in [4.78, 5) is 20.6. The Labute approximate surface area is 154 Å². The first-order chi connectivity index (χ1) is 12.1. The fraction of sp³-hybridized carbons (Fsp3) is 0.105. The van der Waals surface area contributed by atoms with Crippen LogP contribution < -0.4 is 10.6 Å². The predicted octanol–water partition coefficient (Wildman–Crippen LogP) is 4.41. The standard InChI is InChI=1S/C19H17BrN4O/c1-13-9-15(20)4-6-17(13)24-19(25)18-7-5-16(12-23-18)22-11-14-3-2-8-21-10-14/h2-10,12,22H,11H2,1H3,(H,24,25). The molecule has 0 bridgehead atoms. The van der Waals surface area contributed by atoms with Gasteiger partial charge in [0.2, 0.25) is 0 Å². The lowest BCUT2D eigenvalue weighted by atomic mass is 10.2. The Kier molecular flexibility index (Phi) is 5.40. The summed E-state index contributed by atoms with van der Waals surface area (Å²) in [6.07, 6.45) is 5.20. The average Bonchev–Trinajstić information content (AvgIpc) is 2.63. The maximum absolute atomic E-state index is 12.3. The smallest absolute Gasteiger partial charge is 0.274 e. The number of hydrogen-bond donors (Lipinski definition) is 2. The minimum atomic E-state index is -0.232. The van der Waals surface area contributed by atoms with E-state index in [-0.39, 0.29) is 5.91 Å². The fourth-order valence-electron chi connectivity index (χ4n) is 2.29. The topological polar surface area (TPSA) is 66.9 Å². The Hall–Kier alpha value is -2.73. The number of nitrogens with one attached hydrogen (secondary N) is 2. The molecule has 2 N–H and O–H groups in total. The van der Waals surface area contributed by atoms with Crippen molar-refractivity contribution in [1.29, 1.82) is 0 Å². The molecule has 1 amide bonds. The number of aryl methyl sites for hydroxylation is 1. The maximum Gasteiger partial charge on any atom is 0.274 e. The summed E-state index contributed by atoms with van der Waals surface area (Å²) in [6, 6.07) is 13.1. The number of carbonyl (C=O) groups is 1. The largest absolute Gasteiger partial charge is 0.380 e. The van der Waals surface area contributed by atoms with E-state index >= 15 is 0 Å². The van der Waals surface area contributed by atoms with Gasteiger partial charge in [0.15, 0.2) is 0 Å². The minimum Gasteiger partial charge on any atom is -0.380 e. The first-order valence-electron chi connectivity index (χ1n) is 7.78. The summed E-state index contributed by atoms with van der Waals surface area (Å²) < 4.78 is 0.977. The monoisotopic (exact) mass is 396 g/mol. The van der Waals surface area contributed by atoms with Gasteiger partial charge in [-0.3, -0.25) is 9.78 Å². The van der Waals surface area contributed by atoms with Crippen LogP contribution in [0.3, 0.4) is 0 Å². The van der Waals surface area contributed by atoms with Crippen molar-refractivity contribution in [3.05, 3.63) is 82.3 Å². The zero-order valence-electron chi connectivity index (χ0n) is 13.7. The van der Waals surface area contributed by atoms with E-state index in [0.717, 1.165) is 27.0 Å². The van der Waals surface area contributed by atoms with Crippen LogP contribution in [0.5, 0.6) is 0 Å². The molecule has 25 heavy (non-hydrogen) atoms. The fourth-order valence-corrected chi connectivity index (χ4v) is 2.77. The molecular weight excluding hydrogens is 380 g/mol. The van der Waals surface area contributed by atoms with E-state index in [0.29, 0.717) is 12.2 Å². The van der Waals surface area contributed by atoms with E-state index in [2.05, 4.69) is 36.5 Å².